The van der Waals surface area contributed by atoms with E-state index in [0.29, 0.717) is 16.3 Å². The highest BCUT2D eigenvalue weighted by Crippen LogP contribution is 2.58. The maximum atomic E-state index is 14.6. The van der Waals surface area contributed by atoms with Gasteiger partial charge < -0.3 is 10.2 Å². The van der Waals surface area contributed by atoms with Gasteiger partial charge in [0.2, 0.25) is 5.91 Å². The van der Waals surface area contributed by atoms with Crippen LogP contribution in [0, 0.1) is 11.3 Å². The molecule has 3 aromatic carbocycles. The molecule has 6 heteroatoms. The Labute approximate surface area is 221 Å². The number of carbonyl (C=O) groups excluding carboxylic acids is 3. The first-order chi connectivity index (χ1) is 17.7. The van der Waals surface area contributed by atoms with Gasteiger partial charge >= 0.3 is 0 Å². The Morgan fingerprint density at radius 2 is 1.62 bits per heavy atom. The smallest absolute Gasteiger partial charge is 0.238 e. The number of nitrogens with zero attached hydrogens (tertiary/aromatic N) is 1. The lowest BCUT2D eigenvalue weighted by atomic mass is 9.63. The van der Waals surface area contributed by atoms with Crippen molar-refractivity contribution in [1.82, 2.24) is 0 Å². The summed E-state index contributed by atoms with van der Waals surface area (Å²) in [4.78, 5) is 45.2. The van der Waals surface area contributed by atoms with Gasteiger partial charge in [-0.1, -0.05) is 93.1 Å². The Bertz CT molecular complexity index is 1500. The van der Waals surface area contributed by atoms with Gasteiger partial charge in [0.15, 0.2) is 11.6 Å². The molecule has 1 N–H and O–H groups in total. The number of hydrogen-bond donors (Lipinski definition) is 1. The van der Waals surface area contributed by atoms with Crippen LogP contribution in [0.25, 0.3) is 6.08 Å². The van der Waals surface area contributed by atoms with Gasteiger partial charge in [0.25, 0.3) is 0 Å². The third-order valence-corrected chi connectivity index (χ3v) is 8.30. The van der Waals surface area contributed by atoms with E-state index >= 15 is 0 Å². The van der Waals surface area contributed by atoms with Crippen LogP contribution in [0.1, 0.15) is 42.3 Å². The van der Waals surface area contributed by atoms with E-state index in [1.165, 1.54) is 0 Å². The average molecular weight is 511 g/mol. The third-order valence-electron chi connectivity index (χ3n) is 7.97. The number of benzene rings is 3. The summed E-state index contributed by atoms with van der Waals surface area (Å²) in [6, 6.07) is 20.7. The van der Waals surface area contributed by atoms with E-state index in [0.717, 1.165) is 16.8 Å². The molecule has 186 valence electrons. The van der Waals surface area contributed by atoms with Crippen LogP contribution < -0.4 is 10.2 Å². The molecule has 1 spiro atoms. The summed E-state index contributed by atoms with van der Waals surface area (Å²) in [5.41, 5.74) is 1.41. The predicted molar refractivity (Wildman–Crippen MR) is 146 cm³/mol. The number of ketones is 2. The molecule has 1 amide bonds. The number of para-hydroxylation sites is 2. The monoisotopic (exact) mass is 510 g/mol. The van der Waals surface area contributed by atoms with Crippen molar-refractivity contribution < 1.29 is 14.4 Å². The molecule has 0 radical (unpaired) electrons. The minimum atomic E-state index is -1.32. The fraction of sp³-hybridized carbons (Fsp3) is 0.258. The molecule has 3 aliphatic heterocycles. The summed E-state index contributed by atoms with van der Waals surface area (Å²) in [6.07, 6.45) is 3.97. The van der Waals surface area contributed by atoms with Crippen LogP contribution in [0.4, 0.5) is 11.4 Å². The van der Waals surface area contributed by atoms with Crippen molar-refractivity contribution >= 4 is 46.5 Å². The highest BCUT2D eigenvalue weighted by Gasteiger charge is 2.70. The maximum absolute atomic E-state index is 14.6. The second-order valence-electron chi connectivity index (χ2n) is 11.0. The zero-order valence-electron chi connectivity index (χ0n) is 20.9. The first kappa shape index (κ1) is 23.7. The number of halogens is 1. The third kappa shape index (κ3) is 3.20. The summed E-state index contributed by atoms with van der Waals surface area (Å²) in [5, 5.41) is 3.34. The summed E-state index contributed by atoms with van der Waals surface area (Å²) in [7, 11) is 0. The normalized spacial score (nSPS) is 25.5. The van der Waals surface area contributed by atoms with Crippen LogP contribution in [0.15, 0.2) is 78.9 Å². The van der Waals surface area contributed by atoms with E-state index < -0.39 is 28.8 Å². The number of hydrogen-bond acceptors (Lipinski definition) is 4. The molecule has 3 aromatic rings. The molecule has 0 saturated carbocycles. The van der Waals surface area contributed by atoms with E-state index in [-0.39, 0.29) is 17.5 Å². The number of fused-ring (bicyclic) bond motifs is 6. The minimum Gasteiger partial charge on any atom is -0.352 e. The highest BCUT2D eigenvalue weighted by molar-refractivity contribution is 6.34. The average Bonchev–Trinajstić information content (AvgIpc) is 3.35. The number of nitrogens with one attached hydrogen (secondary N) is 1. The molecule has 4 atom stereocenters. The van der Waals surface area contributed by atoms with Crippen molar-refractivity contribution in [2.45, 2.75) is 38.3 Å². The molecule has 3 aliphatic rings. The zero-order valence-corrected chi connectivity index (χ0v) is 21.6. The zero-order chi connectivity index (χ0) is 26.1. The van der Waals surface area contributed by atoms with Crippen LogP contribution in [0.3, 0.4) is 0 Å². The number of Topliss-reactive ketones (excluding diaryl/α,β-unsaturated/α-hetero) is 2. The highest BCUT2D eigenvalue weighted by atomic mass is 35.5. The largest absolute Gasteiger partial charge is 0.352 e. The van der Waals surface area contributed by atoms with Gasteiger partial charge in [-0.05, 0) is 35.4 Å². The number of amides is 1. The Balaban J connectivity index is 1.70. The van der Waals surface area contributed by atoms with Crippen molar-refractivity contribution in [1.29, 1.82) is 0 Å². The molecule has 37 heavy (non-hydrogen) atoms. The van der Waals surface area contributed by atoms with E-state index in [1.54, 1.807) is 24.3 Å². The van der Waals surface area contributed by atoms with E-state index in [9.17, 15) is 14.4 Å². The molecule has 0 bridgehead atoms. The molecule has 0 aliphatic carbocycles. The Morgan fingerprint density at radius 1 is 0.946 bits per heavy atom. The lowest BCUT2D eigenvalue weighted by Gasteiger charge is -2.38. The first-order valence-corrected chi connectivity index (χ1v) is 12.8. The van der Waals surface area contributed by atoms with Gasteiger partial charge in [-0.2, -0.15) is 0 Å². The van der Waals surface area contributed by atoms with Crippen molar-refractivity contribution in [3.05, 3.63) is 101 Å². The van der Waals surface area contributed by atoms with Gasteiger partial charge in [-0.25, -0.2) is 0 Å². The fourth-order valence-electron chi connectivity index (χ4n) is 6.39. The Hall–Kier alpha value is -3.70. The van der Waals surface area contributed by atoms with Crippen molar-refractivity contribution in [3.63, 3.8) is 0 Å². The Kier molecular flexibility index (Phi) is 5.22. The van der Waals surface area contributed by atoms with Crippen LogP contribution in [-0.2, 0) is 15.0 Å². The van der Waals surface area contributed by atoms with Gasteiger partial charge in [-0.15, -0.1) is 0 Å². The molecule has 0 unspecified atom stereocenters. The van der Waals surface area contributed by atoms with Crippen LogP contribution in [0.2, 0.25) is 5.02 Å². The van der Waals surface area contributed by atoms with Gasteiger partial charge in [0.05, 0.1) is 17.0 Å². The topological polar surface area (TPSA) is 66.5 Å². The lowest BCUT2D eigenvalue weighted by molar-refractivity contribution is -0.128. The van der Waals surface area contributed by atoms with E-state index in [2.05, 4.69) is 5.32 Å². The number of carbonyl (C=O) groups is 3. The lowest BCUT2D eigenvalue weighted by Crippen LogP contribution is -2.51. The van der Waals surface area contributed by atoms with Gasteiger partial charge in [0, 0.05) is 22.4 Å². The molecule has 5 nitrogen and oxygen atoms in total. The number of rotatable bonds is 3. The molecule has 1 saturated heterocycles. The maximum Gasteiger partial charge on any atom is 0.238 e. The van der Waals surface area contributed by atoms with E-state index in [4.69, 9.17) is 11.6 Å². The molecule has 0 aromatic heterocycles. The predicted octanol–water partition coefficient (Wildman–Crippen LogP) is 5.93. The van der Waals surface area contributed by atoms with Crippen LogP contribution >= 0.6 is 11.6 Å². The minimum absolute atomic E-state index is 0.0953. The quantitative estimate of drug-likeness (QED) is 0.443. The fourth-order valence-corrected chi connectivity index (χ4v) is 6.62. The summed E-state index contributed by atoms with van der Waals surface area (Å²) < 4.78 is 0. The van der Waals surface area contributed by atoms with Gasteiger partial charge in [0.1, 0.15) is 11.5 Å². The van der Waals surface area contributed by atoms with E-state index in [1.807, 2.05) is 86.4 Å². The van der Waals surface area contributed by atoms with Crippen molar-refractivity contribution in [2.75, 3.05) is 10.2 Å². The number of anilines is 2. The van der Waals surface area contributed by atoms with Gasteiger partial charge in [-0.3, -0.25) is 14.4 Å². The summed E-state index contributed by atoms with van der Waals surface area (Å²) >= 11 is 6.55. The summed E-state index contributed by atoms with van der Waals surface area (Å²) in [5.74, 6) is -1.67. The molecule has 6 rings (SSSR count). The second-order valence-corrected chi connectivity index (χ2v) is 11.4. The molecular formula is C31H27ClN2O3. The van der Waals surface area contributed by atoms with Crippen molar-refractivity contribution in [2.24, 2.45) is 11.3 Å². The van der Waals surface area contributed by atoms with Crippen LogP contribution in [-0.4, -0.2) is 29.6 Å². The molecule has 3 heterocycles. The molecular weight excluding hydrogens is 484 g/mol. The summed E-state index contributed by atoms with van der Waals surface area (Å²) in [6.45, 7) is 5.59. The SMILES string of the molecule is CC(C)(C)C(=O)[C@@H]1[C@@H](C(=O)c2ccccc2Cl)[C@]2(C(=O)Nc3ccccc32)[C@H]2C=Cc3ccccc3N12. The second kappa shape index (κ2) is 8.15. The Morgan fingerprint density at radius 3 is 2.38 bits per heavy atom. The van der Waals surface area contributed by atoms with Crippen molar-refractivity contribution in [3.8, 4) is 0 Å². The standard InChI is InChI=1S/C31H27ClN2O3/c1-30(2,3)28(36)26-25(27(35)19-11-5-7-13-21(19)32)31(20-12-6-8-14-22(20)33-29(31)37)24-17-16-18-10-4-9-15-23(18)34(24)26/h4-17,24-26H,1-3H3,(H,33,37)/t24-,25+,26+,31-/m1/s1. The molecule has 1 fully saturated rings. The van der Waals surface area contributed by atoms with Crippen LogP contribution in [0.5, 0.6) is 0 Å². The first-order valence-electron chi connectivity index (χ1n) is 12.5.